The van der Waals surface area contributed by atoms with Crippen LogP contribution in [0.25, 0.3) is 0 Å². The Morgan fingerprint density at radius 2 is 2.00 bits per heavy atom. The number of nitrogens with zero attached hydrogens (tertiary/aromatic N) is 2. The lowest BCUT2D eigenvalue weighted by atomic mass is 10.2. The van der Waals surface area contributed by atoms with E-state index in [0.717, 1.165) is 30.6 Å². The molecule has 0 saturated heterocycles. The molecule has 0 amide bonds. The van der Waals surface area contributed by atoms with Gasteiger partial charge in [0.05, 0.1) is 12.0 Å². The molecule has 0 spiro atoms. The quantitative estimate of drug-likeness (QED) is 0.771. The van der Waals surface area contributed by atoms with Crippen LogP contribution < -0.4 is 0 Å². The topological polar surface area (TPSA) is 17.8 Å². The zero-order valence-electron chi connectivity index (χ0n) is 9.36. The second kappa shape index (κ2) is 4.92. The van der Waals surface area contributed by atoms with Crippen LogP contribution in [0.15, 0.2) is 36.8 Å². The summed E-state index contributed by atoms with van der Waals surface area (Å²) in [7, 11) is 0. The van der Waals surface area contributed by atoms with Gasteiger partial charge in [-0.05, 0) is 24.1 Å². The molecule has 0 atom stereocenters. The molecule has 0 aliphatic rings. The Morgan fingerprint density at radius 3 is 2.69 bits per heavy atom. The molecule has 0 radical (unpaired) electrons. The van der Waals surface area contributed by atoms with E-state index < -0.39 is 0 Å². The molecule has 2 rings (SSSR count). The van der Waals surface area contributed by atoms with Crippen LogP contribution in [-0.2, 0) is 13.0 Å². The molecule has 16 heavy (non-hydrogen) atoms. The van der Waals surface area contributed by atoms with E-state index in [1.165, 1.54) is 12.1 Å². The summed E-state index contributed by atoms with van der Waals surface area (Å²) in [5, 5.41) is 0. The molecule has 0 fully saturated rings. The highest BCUT2D eigenvalue weighted by molar-refractivity contribution is 5.16. The third-order valence-electron chi connectivity index (χ3n) is 2.47. The first kappa shape index (κ1) is 10.9. The standard InChI is InChI=1S/C13H15FN2/c1-2-3-13-9-16(10-15-13)8-11-4-6-12(14)7-5-11/h4-7,9-10H,2-3,8H2,1H3. The van der Waals surface area contributed by atoms with Crippen molar-refractivity contribution in [2.24, 2.45) is 0 Å². The molecule has 0 aliphatic carbocycles. The molecule has 84 valence electrons. The normalized spacial score (nSPS) is 10.6. The highest BCUT2D eigenvalue weighted by atomic mass is 19.1. The lowest BCUT2D eigenvalue weighted by Crippen LogP contribution is -1.96. The Labute approximate surface area is 94.8 Å². The Bertz CT molecular complexity index is 445. The Balaban J connectivity index is 2.05. The fourth-order valence-corrected chi connectivity index (χ4v) is 1.68. The minimum Gasteiger partial charge on any atom is -0.333 e. The van der Waals surface area contributed by atoms with Gasteiger partial charge in [-0.3, -0.25) is 0 Å². The molecule has 0 unspecified atom stereocenters. The van der Waals surface area contributed by atoms with Gasteiger partial charge in [0.15, 0.2) is 0 Å². The van der Waals surface area contributed by atoms with Crippen molar-refractivity contribution in [3.63, 3.8) is 0 Å². The fourth-order valence-electron chi connectivity index (χ4n) is 1.68. The van der Waals surface area contributed by atoms with Gasteiger partial charge in [-0.1, -0.05) is 25.5 Å². The monoisotopic (exact) mass is 218 g/mol. The smallest absolute Gasteiger partial charge is 0.123 e. The molecule has 1 aromatic carbocycles. The zero-order valence-corrected chi connectivity index (χ0v) is 9.36. The maximum atomic E-state index is 12.7. The Morgan fingerprint density at radius 1 is 1.25 bits per heavy atom. The van der Waals surface area contributed by atoms with Crippen molar-refractivity contribution in [3.8, 4) is 0 Å². The number of hydrogen-bond donors (Lipinski definition) is 0. The third kappa shape index (κ3) is 2.69. The average molecular weight is 218 g/mol. The van der Waals surface area contributed by atoms with Gasteiger partial charge in [-0.2, -0.15) is 0 Å². The fraction of sp³-hybridized carbons (Fsp3) is 0.308. The van der Waals surface area contributed by atoms with E-state index in [1.54, 1.807) is 12.1 Å². The lowest BCUT2D eigenvalue weighted by molar-refractivity contribution is 0.626. The van der Waals surface area contributed by atoms with E-state index >= 15 is 0 Å². The number of aryl methyl sites for hydroxylation is 1. The average Bonchev–Trinajstić information content (AvgIpc) is 2.70. The van der Waals surface area contributed by atoms with Crippen LogP contribution in [0.3, 0.4) is 0 Å². The third-order valence-corrected chi connectivity index (χ3v) is 2.47. The van der Waals surface area contributed by atoms with Crippen molar-refractivity contribution in [1.82, 2.24) is 9.55 Å². The van der Waals surface area contributed by atoms with E-state index in [1.807, 2.05) is 17.1 Å². The summed E-state index contributed by atoms with van der Waals surface area (Å²) in [4.78, 5) is 4.31. The van der Waals surface area contributed by atoms with Crippen molar-refractivity contribution in [1.29, 1.82) is 0 Å². The molecule has 2 aromatic rings. The van der Waals surface area contributed by atoms with E-state index in [9.17, 15) is 4.39 Å². The summed E-state index contributed by atoms with van der Waals surface area (Å²) in [5.41, 5.74) is 2.20. The van der Waals surface area contributed by atoms with Crippen LogP contribution in [0.2, 0.25) is 0 Å². The molecular weight excluding hydrogens is 203 g/mol. The minimum atomic E-state index is -0.193. The Kier molecular flexibility index (Phi) is 3.34. The van der Waals surface area contributed by atoms with Gasteiger partial charge in [-0.25, -0.2) is 9.37 Å². The van der Waals surface area contributed by atoms with Crippen LogP contribution in [0.5, 0.6) is 0 Å². The summed E-state index contributed by atoms with van der Waals surface area (Å²) in [6, 6.07) is 6.57. The number of aromatic nitrogens is 2. The largest absolute Gasteiger partial charge is 0.333 e. The molecule has 3 heteroatoms. The first-order chi connectivity index (χ1) is 7.78. The molecule has 1 heterocycles. The molecule has 1 aromatic heterocycles. The Hall–Kier alpha value is -1.64. The lowest BCUT2D eigenvalue weighted by Gasteiger charge is -2.01. The highest BCUT2D eigenvalue weighted by Gasteiger charge is 1.99. The second-order valence-electron chi connectivity index (χ2n) is 3.91. The van der Waals surface area contributed by atoms with Gasteiger partial charge in [-0.15, -0.1) is 0 Å². The number of rotatable bonds is 4. The summed E-state index contributed by atoms with van der Waals surface area (Å²) >= 11 is 0. The van der Waals surface area contributed by atoms with Gasteiger partial charge in [0.25, 0.3) is 0 Å². The molecule has 0 N–H and O–H groups in total. The first-order valence-corrected chi connectivity index (χ1v) is 5.53. The van der Waals surface area contributed by atoms with E-state index in [2.05, 4.69) is 11.9 Å². The van der Waals surface area contributed by atoms with Crippen LogP contribution in [0.4, 0.5) is 4.39 Å². The predicted molar refractivity (Wildman–Crippen MR) is 61.7 cm³/mol. The summed E-state index contributed by atoms with van der Waals surface area (Å²) in [6.45, 7) is 2.88. The number of benzene rings is 1. The van der Waals surface area contributed by atoms with E-state index in [0.29, 0.717) is 0 Å². The minimum absolute atomic E-state index is 0.193. The number of hydrogen-bond acceptors (Lipinski definition) is 1. The highest BCUT2D eigenvalue weighted by Crippen LogP contribution is 2.06. The maximum Gasteiger partial charge on any atom is 0.123 e. The van der Waals surface area contributed by atoms with Crippen molar-refractivity contribution in [2.75, 3.05) is 0 Å². The number of imidazole rings is 1. The molecule has 0 aliphatic heterocycles. The molecular formula is C13H15FN2. The van der Waals surface area contributed by atoms with Crippen molar-refractivity contribution < 1.29 is 4.39 Å². The van der Waals surface area contributed by atoms with Gasteiger partial charge in [0, 0.05) is 12.7 Å². The van der Waals surface area contributed by atoms with Gasteiger partial charge in [0.1, 0.15) is 5.82 Å². The predicted octanol–water partition coefficient (Wildman–Crippen LogP) is 3.02. The van der Waals surface area contributed by atoms with Crippen molar-refractivity contribution >= 4 is 0 Å². The van der Waals surface area contributed by atoms with Crippen LogP contribution >= 0.6 is 0 Å². The van der Waals surface area contributed by atoms with Crippen molar-refractivity contribution in [3.05, 3.63) is 53.9 Å². The molecule has 0 saturated carbocycles. The zero-order chi connectivity index (χ0) is 11.4. The van der Waals surface area contributed by atoms with Crippen LogP contribution in [0.1, 0.15) is 24.6 Å². The summed E-state index contributed by atoms with van der Waals surface area (Å²) < 4.78 is 14.7. The van der Waals surface area contributed by atoms with Gasteiger partial charge in [0.2, 0.25) is 0 Å². The molecule has 2 nitrogen and oxygen atoms in total. The van der Waals surface area contributed by atoms with Crippen LogP contribution in [-0.4, -0.2) is 9.55 Å². The SMILES string of the molecule is CCCc1cn(Cc2ccc(F)cc2)cn1. The summed E-state index contributed by atoms with van der Waals surface area (Å²) in [5.74, 6) is -0.193. The van der Waals surface area contributed by atoms with Crippen LogP contribution in [0, 0.1) is 5.82 Å². The number of halogens is 1. The first-order valence-electron chi connectivity index (χ1n) is 5.53. The second-order valence-corrected chi connectivity index (χ2v) is 3.91. The van der Waals surface area contributed by atoms with Gasteiger partial charge < -0.3 is 4.57 Å². The van der Waals surface area contributed by atoms with E-state index in [-0.39, 0.29) is 5.82 Å². The summed E-state index contributed by atoms with van der Waals surface area (Å²) in [6.07, 6.45) is 5.99. The van der Waals surface area contributed by atoms with Gasteiger partial charge >= 0.3 is 0 Å². The maximum absolute atomic E-state index is 12.7. The molecule has 0 bridgehead atoms. The van der Waals surface area contributed by atoms with Crippen molar-refractivity contribution in [2.45, 2.75) is 26.3 Å². The van der Waals surface area contributed by atoms with E-state index in [4.69, 9.17) is 0 Å².